The maximum absolute atomic E-state index is 9.69. The Balaban J connectivity index is 3.14. The van der Waals surface area contributed by atoms with E-state index in [1.165, 1.54) is 6.26 Å². The molecule has 0 spiro atoms. The van der Waals surface area contributed by atoms with E-state index in [2.05, 4.69) is 4.74 Å². The highest BCUT2D eigenvalue weighted by Gasteiger charge is 1.86. The summed E-state index contributed by atoms with van der Waals surface area (Å²) in [7, 11) is 0. The molecule has 52 valence electrons. The van der Waals surface area contributed by atoms with Gasteiger partial charge in [-0.3, -0.25) is 0 Å². The predicted molar refractivity (Wildman–Crippen MR) is 33.2 cm³/mol. The normalized spacial score (nSPS) is 9.89. The Bertz CT molecular complexity index is 107. The molecule has 0 saturated carbocycles. The molecule has 3 nitrogen and oxygen atoms in total. The highest BCUT2D eigenvalue weighted by molar-refractivity contribution is 5.57. The Hall–Kier alpha value is -0.990. The van der Waals surface area contributed by atoms with Crippen molar-refractivity contribution in [3.8, 4) is 0 Å². The summed E-state index contributed by atoms with van der Waals surface area (Å²) in [6, 6.07) is 0. The largest absolute Gasteiger partial charge is 0.510 e. The average Bonchev–Trinajstić information content (AvgIpc) is 1.80. The van der Waals surface area contributed by atoms with Crippen molar-refractivity contribution in [3.63, 3.8) is 0 Å². The summed E-state index contributed by atoms with van der Waals surface area (Å²) in [6.07, 6.45) is 3.45. The summed E-state index contributed by atoms with van der Waals surface area (Å²) in [5.74, 6) is 0. The van der Waals surface area contributed by atoms with E-state index in [1.807, 2.05) is 6.92 Å². The van der Waals surface area contributed by atoms with Gasteiger partial charge in [-0.2, -0.15) is 0 Å². The van der Waals surface area contributed by atoms with Crippen molar-refractivity contribution in [2.75, 3.05) is 0 Å². The molecule has 0 saturated heterocycles. The first kappa shape index (κ1) is 8.01. The van der Waals surface area contributed by atoms with Gasteiger partial charge >= 0.3 is 6.16 Å². The summed E-state index contributed by atoms with van der Waals surface area (Å²) in [5.41, 5.74) is 0. The Labute approximate surface area is 53.9 Å². The maximum Gasteiger partial charge on any atom is 0.510 e. The number of unbranched alkanes of at least 4 members (excludes halogenated alkanes) is 1. The molecular formula is C6H10O3. The molecule has 1 N–H and O–H groups in total. The monoisotopic (exact) mass is 130 g/mol. The summed E-state index contributed by atoms with van der Waals surface area (Å²) in [6.45, 7) is 2.01. The molecule has 0 atom stereocenters. The second kappa shape index (κ2) is 5.15. The molecule has 0 aliphatic rings. The van der Waals surface area contributed by atoms with Crippen molar-refractivity contribution in [1.29, 1.82) is 0 Å². The van der Waals surface area contributed by atoms with Gasteiger partial charge < -0.3 is 9.84 Å². The van der Waals surface area contributed by atoms with Gasteiger partial charge in [0.15, 0.2) is 0 Å². The number of carboxylic acid groups (broad SMARTS) is 1. The van der Waals surface area contributed by atoms with Gasteiger partial charge in [0, 0.05) is 0 Å². The lowest BCUT2D eigenvalue weighted by molar-refractivity contribution is 0.128. The molecule has 0 aliphatic carbocycles. The molecule has 0 fully saturated rings. The third-order valence-corrected chi connectivity index (χ3v) is 0.720. The van der Waals surface area contributed by atoms with Crippen LogP contribution >= 0.6 is 0 Å². The van der Waals surface area contributed by atoms with E-state index in [4.69, 9.17) is 5.11 Å². The number of ether oxygens (including phenoxy) is 1. The van der Waals surface area contributed by atoms with Crippen molar-refractivity contribution in [2.24, 2.45) is 0 Å². The lowest BCUT2D eigenvalue weighted by atomic mass is 10.3. The Morgan fingerprint density at radius 2 is 2.44 bits per heavy atom. The van der Waals surface area contributed by atoms with E-state index in [9.17, 15) is 4.79 Å². The van der Waals surface area contributed by atoms with Crippen LogP contribution in [0.5, 0.6) is 0 Å². The van der Waals surface area contributed by atoms with Crippen LogP contribution in [0.1, 0.15) is 19.8 Å². The van der Waals surface area contributed by atoms with E-state index in [-0.39, 0.29) is 0 Å². The minimum atomic E-state index is -1.26. The molecule has 9 heavy (non-hydrogen) atoms. The van der Waals surface area contributed by atoms with Crippen LogP contribution < -0.4 is 0 Å². The van der Waals surface area contributed by atoms with Crippen molar-refractivity contribution in [3.05, 3.63) is 12.3 Å². The standard InChI is InChI=1S/C6H10O3/c1-2-3-4-5-9-6(7)8/h4-5H,2-3H2,1H3,(H,7,8). The summed E-state index contributed by atoms with van der Waals surface area (Å²) in [5, 5.41) is 7.94. The van der Waals surface area contributed by atoms with E-state index in [0.717, 1.165) is 12.8 Å². The van der Waals surface area contributed by atoms with E-state index in [1.54, 1.807) is 6.08 Å². The zero-order valence-electron chi connectivity index (χ0n) is 5.33. The highest BCUT2D eigenvalue weighted by atomic mass is 16.7. The Morgan fingerprint density at radius 1 is 1.78 bits per heavy atom. The number of carbonyl (C=O) groups is 1. The number of rotatable bonds is 3. The van der Waals surface area contributed by atoms with Crippen LogP contribution in [0.3, 0.4) is 0 Å². The topological polar surface area (TPSA) is 46.5 Å². The quantitative estimate of drug-likeness (QED) is 0.469. The van der Waals surface area contributed by atoms with Gasteiger partial charge in [0.25, 0.3) is 0 Å². The van der Waals surface area contributed by atoms with Crippen LogP contribution in [0.2, 0.25) is 0 Å². The summed E-state index contributed by atoms with van der Waals surface area (Å²) in [4.78, 5) is 9.69. The van der Waals surface area contributed by atoms with Gasteiger partial charge in [0.05, 0.1) is 6.26 Å². The van der Waals surface area contributed by atoms with Crippen LogP contribution in [0.15, 0.2) is 12.3 Å². The lowest BCUT2D eigenvalue weighted by Gasteiger charge is -1.86. The van der Waals surface area contributed by atoms with Gasteiger partial charge in [0.2, 0.25) is 0 Å². The first-order valence-electron chi connectivity index (χ1n) is 2.82. The molecular weight excluding hydrogens is 120 g/mol. The van der Waals surface area contributed by atoms with Gasteiger partial charge in [-0.1, -0.05) is 13.3 Å². The third-order valence-electron chi connectivity index (χ3n) is 0.720. The molecule has 0 aromatic rings. The molecule has 0 amide bonds. The van der Waals surface area contributed by atoms with Crippen LogP contribution in [-0.2, 0) is 4.74 Å². The average molecular weight is 130 g/mol. The van der Waals surface area contributed by atoms with Crippen molar-refractivity contribution in [1.82, 2.24) is 0 Å². The molecule has 0 heterocycles. The van der Waals surface area contributed by atoms with Gasteiger partial charge in [-0.15, -0.1) is 0 Å². The zero-order chi connectivity index (χ0) is 7.11. The third kappa shape index (κ3) is 7.01. The van der Waals surface area contributed by atoms with Crippen LogP contribution in [-0.4, -0.2) is 11.3 Å². The van der Waals surface area contributed by atoms with Crippen LogP contribution in [0, 0.1) is 0 Å². The molecule has 0 unspecified atom stereocenters. The lowest BCUT2D eigenvalue weighted by Crippen LogP contribution is -1.91. The van der Waals surface area contributed by atoms with E-state index < -0.39 is 6.16 Å². The molecule has 0 radical (unpaired) electrons. The van der Waals surface area contributed by atoms with Crippen molar-refractivity contribution >= 4 is 6.16 Å². The highest BCUT2D eigenvalue weighted by Crippen LogP contribution is 1.88. The maximum atomic E-state index is 9.69. The molecule has 0 bridgehead atoms. The fourth-order valence-corrected chi connectivity index (χ4v) is 0.341. The fourth-order valence-electron chi connectivity index (χ4n) is 0.341. The van der Waals surface area contributed by atoms with Crippen LogP contribution in [0.4, 0.5) is 4.79 Å². The smallest absolute Gasteiger partial charge is 0.449 e. The molecule has 0 aliphatic heterocycles. The minimum absolute atomic E-state index is 0.854. The molecule has 3 heteroatoms. The number of allylic oxidation sites excluding steroid dienone is 1. The molecule has 0 aromatic carbocycles. The van der Waals surface area contributed by atoms with E-state index in [0.29, 0.717) is 0 Å². The van der Waals surface area contributed by atoms with Crippen molar-refractivity contribution < 1.29 is 14.6 Å². The number of hydrogen-bond acceptors (Lipinski definition) is 2. The minimum Gasteiger partial charge on any atom is -0.449 e. The fraction of sp³-hybridized carbons (Fsp3) is 0.500. The summed E-state index contributed by atoms with van der Waals surface area (Å²) >= 11 is 0. The second-order valence-electron chi connectivity index (χ2n) is 1.54. The zero-order valence-corrected chi connectivity index (χ0v) is 5.33. The van der Waals surface area contributed by atoms with Crippen molar-refractivity contribution in [2.45, 2.75) is 19.8 Å². The molecule has 0 rings (SSSR count). The second-order valence-corrected chi connectivity index (χ2v) is 1.54. The number of hydrogen-bond donors (Lipinski definition) is 1. The SMILES string of the molecule is CCCC=COC(=O)O. The van der Waals surface area contributed by atoms with Gasteiger partial charge in [-0.05, 0) is 12.5 Å². The van der Waals surface area contributed by atoms with E-state index >= 15 is 0 Å². The Kier molecular flexibility index (Phi) is 4.59. The van der Waals surface area contributed by atoms with Gasteiger partial charge in [0.1, 0.15) is 0 Å². The van der Waals surface area contributed by atoms with Crippen LogP contribution in [0.25, 0.3) is 0 Å². The van der Waals surface area contributed by atoms with Gasteiger partial charge in [-0.25, -0.2) is 4.79 Å². The Morgan fingerprint density at radius 3 is 2.89 bits per heavy atom. The summed E-state index contributed by atoms with van der Waals surface area (Å²) < 4.78 is 4.08. The molecule has 0 aromatic heterocycles. The first-order chi connectivity index (χ1) is 4.27. The first-order valence-corrected chi connectivity index (χ1v) is 2.82. The predicted octanol–water partition coefficient (Wildman–Crippen LogP) is 1.99.